The summed E-state index contributed by atoms with van der Waals surface area (Å²) in [5.74, 6) is 0.162. The van der Waals surface area contributed by atoms with Gasteiger partial charge in [-0.15, -0.1) is 0 Å². The second-order valence-corrected chi connectivity index (χ2v) is 8.58. The highest BCUT2D eigenvalue weighted by Crippen LogP contribution is 2.27. The van der Waals surface area contributed by atoms with Crippen LogP contribution in [0.3, 0.4) is 0 Å². The van der Waals surface area contributed by atoms with Gasteiger partial charge in [-0.1, -0.05) is 53.0 Å². The van der Waals surface area contributed by atoms with E-state index < -0.39 is 0 Å². The van der Waals surface area contributed by atoms with Crippen LogP contribution in [-0.4, -0.2) is 25.5 Å². The average molecular weight is 484 g/mol. The normalized spacial score (nSPS) is 10.9. The molecular weight excluding hydrogens is 461 g/mol. The maximum Gasteiger partial charge on any atom is 0.276 e. The molecule has 0 fully saturated rings. The summed E-state index contributed by atoms with van der Waals surface area (Å²) in [6.45, 7) is 6.60. The monoisotopic (exact) mass is 483 g/mol. The minimum Gasteiger partial charge on any atom is -0.470 e. The lowest BCUT2D eigenvalue weighted by Crippen LogP contribution is -2.15. The van der Waals surface area contributed by atoms with Crippen molar-refractivity contribution in [1.29, 1.82) is 0 Å². The number of rotatable bonds is 7. The molecule has 0 saturated carbocycles. The van der Waals surface area contributed by atoms with E-state index in [1.165, 1.54) is 10.2 Å². The number of aryl methyl sites for hydroxylation is 2. The first kappa shape index (κ1) is 22.9. The van der Waals surface area contributed by atoms with E-state index in [0.29, 0.717) is 28.0 Å². The summed E-state index contributed by atoms with van der Waals surface area (Å²) >= 11 is 12.0. The quantitative estimate of drug-likeness (QED) is 0.368. The molecule has 0 spiro atoms. The van der Waals surface area contributed by atoms with Gasteiger partial charge in [0, 0.05) is 11.2 Å². The molecule has 4 aromatic rings. The fourth-order valence-corrected chi connectivity index (χ4v) is 3.94. The number of aromatic nitrogens is 4. The molecule has 1 N–H and O–H groups in total. The van der Waals surface area contributed by atoms with Gasteiger partial charge in [0.2, 0.25) is 0 Å². The van der Waals surface area contributed by atoms with Crippen LogP contribution in [-0.2, 0) is 13.3 Å². The molecule has 0 saturated heterocycles. The number of halogens is 2. The summed E-state index contributed by atoms with van der Waals surface area (Å²) in [6, 6.07) is 14.9. The Morgan fingerprint density at radius 3 is 2.64 bits per heavy atom. The summed E-state index contributed by atoms with van der Waals surface area (Å²) in [6.07, 6.45) is 1.67. The van der Waals surface area contributed by atoms with Gasteiger partial charge in [-0.25, -0.2) is 4.68 Å². The zero-order valence-corrected chi connectivity index (χ0v) is 20.0. The van der Waals surface area contributed by atoms with E-state index in [2.05, 4.69) is 40.6 Å². The summed E-state index contributed by atoms with van der Waals surface area (Å²) < 4.78 is 9.07. The number of nitrogens with one attached hydrogen (secondary N) is 1. The lowest BCUT2D eigenvalue weighted by atomic mass is 10.1. The summed E-state index contributed by atoms with van der Waals surface area (Å²) in [4.78, 5) is 12.8. The van der Waals surface area contributed by atoms with Crippen molar-refractivity contribution in [1.82, 2.24) is 19.6 Å². The fourth-order valence-electron chi connectivity index (χ4n) is 3.48. The molecule has 1 amide bonds. The van der Waals surface area contributed by atoms with Crippen LogP contribution in [0.25, 0.3) is 0 Å². The second kappa shape index (κ2) is 9.68. The number of amides is 1. The Bertz CT molecular complexity index is 1310. The van der Waals surface area contributed by atoms with Crippen molar-refractivity contribution in [2.24, 2.45) is 0 Å². The molecule has 0 bridgehead atoms. The number of carbonyl (C=O) groups excluding carboxylic acids is 1. The van der Waals surface area contributed by atoms with E-state index >= 15 is 0 Å². The van der Waals surface area contributed by atoms with E-state index in [9.17, 15) is 4.79 Å². The van der Waals surface area contributed by atoms with Crippen molar-refractivity contribution >= 4 is 34.8 Å². The van der Waals surface area contributed by atoms with Crippen molar-refractivity contribution in [2.45, 2.75) is 34.0 Å². The molecule has 2 aromatic carbocycles. The molecular formula is C24H23Cl2N5O2. The van der Waals surface area contributed by atoms with Gasteiger partial charge in [0.05, 0.1) is 28.6 Å². The van der Waals surface area contributed by atoms with Crippen LogP contribution in [0.15, 0.2) is 54.7 Å². The van der Waals surface area contributed by atoms with E-state index in [1.807, 2.05) is 24.6 Å². The van der Waals surface area contributed by atoms with Crippen LogP contribution in [0.2, 0.25) is 10.0 Å². The van der Waals surface area contributed by atoms with Crippen LogP contribution in [0.1, 0.15) is 33.0 Å². The third-order valence-corrected chi connectivity index (χ3v) is 5.68. The van der Waals surface area contributed by atoms with Gasteiger partial charge in [0.15, 0.2) is 12.4 Å². The standard InChI is InChI=1S/C24H23Cl2N5O2/c1-15-5-4-6-18(11-15)13-31-17(3)23(16(2)28-31)27-24(32)21-9-10-30(29-21)14-33-22-8-7-19(25)12-20(22)26/h4-12H,13-14H2,1-3H3,(H,27,32). The highest BCUT2D eigenvalue weighted by Gasteiger charge is 2.17. The minimum atomic E-state index is -0.320. The third-order valence-electron chi connectivity index (χ3n) is 5.15. The largest absolute Gasteiger partial charge is 0.470 e. The highest BCUT2D eigenvalue weighted by molar-refractivity contribution is 6.35. The topological polar surface area (TPSA) is 74.0 Å². The van der Waals surface area contributed by atoms with Gasteiger partial charge in [-0.3, -0.25) is 9.48 Å². The number of hydrogen-bond donors (Lipinski definition) is 1. The molecule has 4 rings (SSSR count). The molecule has 0 radical (unpaired) electrons. The Balaban J connectivity index is 1.42. The number of ether oxygens (including phenoxy) is 1. The molecule has 2 heterocycles. The van der Waals surface area contributed by atoms with E-state index in [-0.39, 0.29) is 18.3 Å². The summed E-state index contributed by atoms with van der Waals surface area (Å²) in [5.41, 5.74) is 4.92. The van der Waals surface area contributed by atoms with Crippen molar-refractivity contribution in [3.05, 3.63) is 93.0 Å². The zero-order valence-electron chi connectivity index (χ0n) is 18.5. The number of anilines is 1. The molecule has 0 aliphatic carbocycles. The average Bonchev–Trinajstić information content (AvgIpc) is 3.34. The van der Waals surface area contributed by atoms with Gasteiger partial charge >= 0.3 is 0 Å². The van der Waals surface area contributed by atoms with Crippen LogP contribution in [0.4, 0.5) is 5.69 Å². The maximum absolute atomic E-state index is 12.8. The molecule has 0 atom stereocenters. The lowest BCUT2D eigenvalue weighted by Gasteiger charge is -2.08. The van der Waals surface area contributed by atoms with Crippen LogP contribution < -0.4 is 10.1 Å². The van der Waals surface area contributed by atoms with Crippen molar-refractivity contribution in [3.8, 4) is 5.75 Å². The predicted octanol–water partition coefficient (Wildman–Crippen LogP) is 5.65. The van der Waals surface area contributed by atoms with Gasteiger partial charge in [0.1, 0.15) is 5.75 Å². The Kier molecular flexibility index (Phi) is 6.72. The second-order valence-electron chi connectivity index (χ2n) is 7.74. The van der Waals surface area contributed by atoms with Gasteiger partial charge in [-0.2, -0.15) is 10.2 Å². The highest BCUT2D eigenvalue weighted by atomic mass is 35.5. The van der Waals surface area contributed by atoms with Crippen molar-refractivity contribution < 1.29 is 9.53 Å². The molecule has 0 aliphatic heterocycles. The van der Waals surface area contributed by atoms with E-state index in [1.54, 1.807) is 30.5 Å². The molecule has 7 nitrogen and oxygen atoms in total. The molecule has 170 valence electrons. The van der Waals surface area contributed by atoms with E-state index in [0.717, 1.165) is 17.0 Å². The first-order valence-corrected chi connectivity index (χ1v) is 11.1. The fraction of sp³-hybridized carbons (Fsp3) is 0.208. The Hall–Kier alpha value is -3.29. The first-order valence-electron chi connectivity index (χ1n) is 10.3. The number of carbonyl (C=O) groups is 1. The zero-order chi connectivity index (χ0) is 23.5. The summed E-state index contributed by atoms with van der Waals surface area (Å²) in [5, 5.41) is 12.8. The van der Waals surface area contributed by atoms with Gasteiger partial charge < -0.3 is 10.1 Å². The maximum atomic E-state index is 12.8. The Morgan fingerprint density at radius 2 is 1.88 bits per heavy atom. The first-order chi connectivity index (χ1) is 15.8. The van der Waals surface area contributed by atoms with E-state index in [4.69, 9.17) is 27.9 Å². The molecule has 0 unspecified atom stereocenters. The number of nitrogens with zero attached hydrogens (tertiary/aromatic N) is 4. The van der Waals surface area contributed by atoms with Gasteiger partial charge in [0.25, 0.3) is 5.91 Å². The summed E-state index contributed by atoms with van der Waals surface area (Å²) in [7, 11) is 0. The van der Waals surface area contributed by atoms with Crippen LogP contribution >= 0.6 is 23.2 Å². The van der Waals surface area contributed by atoms with Crippen molar-refractivity contribution in [3.63, 3.8) is 0 Å². The Labute approximate surface area is 201 Å². The lowest BCUT2D eigenvalue weighted by molar-refractivity contribution is 0.102. The number of hydrogen-bond acceptors (Lipinski definition) is 4. The Morgan fingerprint density at radius 1 is 1.06 bits per heavy atom. The number of benzene rings is 2. The molecule has 0 aliphatic rings. The smallest absolute Gasteiger partial charge is 0.276 e. The molecule has 2 aromatic heterocycles. The van der Waals surface area contributed by atoms with Gasteiger partial charge in [-0.05, 0) is 50.6 Å². The predicted molar refractivity (Wildman–Crippen MR) is 129 cm³/mol. The van der Waals surface area contributed by atoms with Crippen LogP contribution in [0, 0.1) is 20.8 Å². The minimum absolute atomic E-state index is 0.0983. The van der Waals surface area contributed by atoms with Crippen LogP contribution in [0.5, 0.6) is 5.75 Å². The molecule has 33 heavy (non-hydrogen) atoms. The van der Waals surface area contributed by atoms with Crippen molar-refractivity contribution in [2.75, 3.05) is 5.32 Å². The SMILES string of the molecule is Cc1cccc(Cn2nc(C)c(NC(=O)c3ccn(COc4ccc(Cl)cc4Cl)n3)c2C)c1. The third kappa shape index (κ3) is 5.38. The molecule has 9 heteroatoms.